The maximum absolute atomic E-state index is 13.0. The molecule has 2 amide bonds. The van der Waals surface area contributed by atoms with Crippen molar-refractivity contribution in [2.24, 2.45) is 0 Å². The Labute approximate surface area is 151 Å². The number of halogens is 1. The summed E-state index contributed by atoms with van der Waals surface area (Å²) in [6.07, 6.45) is 0. The van der Waals surface area contributed by atoms with Crippen molar-refractivity contribution in [1.82, 2.24) is 9.78 Å². The number of nitrogens with zero attached hydrogens (tertiary/aromatic N) is 3. The van der Waals surface area contributed by atoms with E-state index in [-0.39, 0.29) is 18.3 Å². The Kier molecular flexibility index (Phi) is 4.03. The topological polar surface area (TPSA) is 97.4 Å². The molecule has 8 nitrogen and oxygen atoms in total. The number of anilines is 2. The molecule has 0 unspecified atom stereocenters. The first kappa shape index (κ1) is 16.7. The van der Waals surface area contributed by atoms with Crippen LogP contribution in [-0.4, -0.2) is 28.1 Å². The van der Waals surface area contributed by atoms with Crippen LogP contribution in [-0.2, 0) is 16.1 Å². The maximum atomic E-state index is 13.0. The fourth-order valence-corrected chi connectivity index (χ4v) is 2.78. The van der Waals surface area contributed by atoms with Crippen molar-refractivity contribution in [3.8, 4) is 11.5 Å². The summed E-state index contributed by atoms with van der Waals surface area (Å²) in [5.74, 6) is -2.10. The van der Waals surface area contributed by atoms with Crippen molar-refractivity contribution in [2.75, 3.05) is 16.8 Å². The van der Waals surface area contributed by atoms with E-state index in [0.29, 0.717) is 16.9 Å². The lowest BCUT2D eigenvalue weighted by atomic mass is 10.2. The fraction of sp³-hybridized carbons (Fsp3) is 0.111. The highest BCUT2D eigenvalue weighted by molar-refractivity contribution is 6.09. The van der Waals surface area contributed by atoms with Crippen LogP contribution in [0.25, 0.3) is 11.5 Å². The zero-order valence-corrected chi connectivity index (χ0v) is 13.9. The van der Waals surface area contributed by atoms with Crippen molar-refractivity contribution in [3.05, 3.63) is 64.9 Å². The molecule has 9 heteroatoms. The average Bonchev–Trinajstić information content (AvgIpc) is 3.02. The average molecular weight is 368 g/mol. The van der Waals surface area contributed by atoms with E-state index in [2.05, 4.69) is 10.4 Å². The van der Waals surface area contributed by atoms with Gasteiger partial charge in [-0.25, -0.2) is 9.18 Å². The molecule has 2 heterocycles. The van der Waals surface area contributed by atoms with Crippen LogP contribution in [0.5, 0.6) is 0 Å². The number of nitrogens with one attached hydrogen (secondary N) is 1. The van der Waals surface area contributed by atoms with Crippen LogP contribution in [0, 0.1) is 5.82 Å². The lowest BCUT2D eigenvalue weighted by Crippen LogP contribution is -2.44. The molecule has 0 aliphatic carbocycles. The van der Waals surface area contributed by atoms with Gasteiger partial charge in [0.15, 0.2) is 0 Å². The minimum atomic E-state index is -0.822. The second-order valence-electron chi connectivity index (χ2n) is 5.88. The maximum Gasteiger partial charge on any atom is 0.437 e. The van der Waals surface area contributed by atoms with Crippen molar-refractivity contribution in [2.45, 2.75) is 6.54 Å². The van der Waals surface area contributed by atoms with Crippen LogP contribution in [0.15, 0.2) is 57.7 Å². The molecule has 0 spiro atoms. The standard InChI is InChI=1S/C18H13FN4O4/c19-12-7-5-11(6-8-12)17-21-23(18(26)27-17)10-16(25)22-9-15(24)20-13-3-1-2-4-14(13)22/h1-8H,9-10H2,(H,20,24). The summed E-state index contributed by atoms with van der Waals surface area (Å²) in [5, 5.41) is 6.67. The van der Waals surface area contributed by atoms with Crippen LogP contribution < -0.4 is 16.0 Å². The van der Waals surface area contributed by atoms with E-state index >= 15 is 0 Å². The van der Waals surface area contributed by atoms with Crippen LogP contribution in [0.4, 0.5) is 15.8 Å². The molecular weight excluding hydrogens is 355 g/mol. The highest BCUT2D eigenvalue weighted by Crippen LogP contribution is 2.29. The quantitative estimate of drug-likeness (QED) is 0.758. The SMILES string of the molecule is O=C1CN(C(=O)Cn2nc(-c3ccc(F)cc3)oc2=O)c2ccccc2N1. The van der Waals surface area contributed by atoms with Crippen molar-refractivity contribution in [1.29, 1.82) is 0 Å². The molecule has 0 saturated carbocycles. The largest absolute Gasteiger partial charge is 0.437 e. The number of benzene rings is 2. The van der Waals surface area contributed by atoms with Gasteiger partial charge in [-0.1, -0.05) is 12.1 Å². The third-order valence-corrected chi connectivity index (χ3v) is 4.05. The highest BCUT2D eigenvalue weighted by Gasteiger charge is 2.27. The van der Waals surface area contributed by atoms with Gasteiger partial charge in [-0.2, -0.15) is 4.68 Å². The van der Waals surface area contributed by atoms with Gasteiger partial charge in [-0.3, -0.25) is 14.5 Å². The van der Waals surface area contributed by atoms with Gasteiger partial charge in [-0.05, 0) is 36.4 Å². The third kappa shape index (κ3) is 3.22. The second kappa shape index (κ2) is 6.52. The van der Waals surface area contributed by atoms with Crippen molar-refractivity contribution >= 4 is 23.2 Å². The molecule has 0 bridgehead atoms. The molecule has 1 aliphatic rings. The van der Waals surface area contributed by atoms with Gasteiger partial charge in [0.1, 0.15) is 18.9 Å². The monoisotopic (exact) mass is 368 g/mol. The highest BCUT2D eigenvalue weighted by atomic mass is 19.1. The summed E-state index contributed by atoms with van der Waals surface area (Å²) in [6.45, 7) is -0.557. The summed E-state index contributed by atoms with van der Waals surface area (Å²) >= 11 is 0. The van der Waals surface area contributed by atoms with Gasteiger partial charge in [-0.15, -0.1) is 5.10 Å². The summed E-state index contributed by atoms with van der Waals surface area (Å²) in [7, 11) is 0. The number of hydrogen-bond acceptors (Lipinski definition) is 5. The number of aromatic nitrogens is 2. The Morgan fingerprint density at radius 3 is 2.67 bits per heavy atom. The Bertz CT molecular complexity index is 1090. The molecule has 0 saturated heterocycles. The number of amides is 2. The lowest BCUT2D eigenvalue weighted by molar-refractivity contribution is -0.122. The molecule has 1 aromatic heterocycles. The van der Waals surface area contributed by atoms with E-state index in [9.17, 15) is 18.8 Å². The van der Waals surface area contributed by atoms with Gasteiger partial charge < -0.3 is 9.73 Å². The summed E-state index contributed by atoms with van der Waals surface area (Å²) in [4.78, 5) is 37.8. The molecule has 3 aromatic rings. The molecule has 2 aromatic carbocycles. The number of carbonyl (C=O) groups is 2. The molecular formula is C18H13FN4O4. The number of fused-ring (bicyclic) bond motifs is 1. The number of rotatable bonds is 3. The molecule has 1 aliphatic heterocycles. The first-order chi connectivity index (χ1) is 13.0. The van der Waals surface area contributed by atoms with E-state index in [1.165, 1.54) is 29.2 Å². The fourth-order valence-electron chi connectivity index (χ4n) is 2.78. The smallest absolute Gasteiger partial charge is 0.388 e. The van der Waals surface area contributed by atoms with Crippen LogP contribution in [0.3, 0.4) is 0 Å². The zero-order valence-electron chi connectivity index (χ0n) is 13.9. The van der Waals surface area contributed by atoms with E-state index in [4.69, 9.17) is 4.42 Å². The van der Waals surface area contributed by atoms with Crippen LogP contribution >= 0.6 is 0 Å². The molecule has 0 radical (unpaired) electrons. The summed E-state index contributed by atoms with van der Waals surface area (Å²) < 4.78 is 18.9. The Morgan fingerprint density at radius 1 is 1.15 bits per heavy atom. The second-order valence-corrected chi connectivity index (χ2v) is 5.88. The number of para-hydroxylation sites is 2. The Morgan fingerprint density at radius 2 is 1.89 bits per heavy atom. The van der Waals surface area contributed by atoms with E-state index < -0.39 is 24.0 Å². The first-order valence-corrected chi connectivity index (χ1v) is 8.04. The molecule has 1 N–H and O–H groups in total. The van der Waals surface area contributed by atoms with E-state index in [1.807, 2.05) is 0 Å². The molecule has 0 fully saturated rings. The molecule has 27 heavy (non-hydrogen) atoms. The van der Waals surface area contributed by atoms with Crippen molar-refractivity contribution < 1.29 is 18.4 Å². The number of carbonyl (C=O) groups excluding carboxylic acids is 2. The Balaban J connectivity index is 1.60. The van der Waals surface area contributed by atoms with E-state index in [1.54, 1.807) is 24.3 Å². The Hall–Kier alpha value is -3.75. The minimum absolute atomic E-state index is 0.0235. The normalized spacial score (nSPS) is 13.2. The third-order valence-electron chi connectivity index (χ3n) is 4.05. The van der Waals surface area contributed by atoms with Gasteiger partial charge in [0, 0.05) is 5.56 Å². The first-order valence-electron chi connectivity index (χ1n) is 8.04. The predicted octanol–water partition coefficient (Wildman–Crippen LogP) is 1.63. The van der Waals surface area contributed by atoms with Crippen molar-refractivity contribution in [3.63, 3.8) is 0 Å². The van der Waals surface area contributed by atoms with Crippen LogP contribution in [0.1, 0.15) is 0 Å². The van der Waals surface area contributed by atoms with Gasteiger partial charge in [0.2, 0.25) is 17.7 Å². The lowest BCUT2D eigenvalue weighted by Gasteiger charge is -2.28. The number of hydrogen-bond donors (Lipinski definition) is 1. The molecule has 0 atom stereocenters. The van der Waals surface area contributed by atoms with Gasteiger partial charge >= 0.3 is 5.76 Å². The molecule has 136 valence electrons. The van der Waals surface area contributed by atoms with Gasteiger partial charge in [0.25, 0.3) is 0 Å². The summed E-state index contributed by atoms with van der Waals surface area (Å²) in [6, 6.07) is 12.1. The minimum Gasteiger partial charge on any atom is -0.388 e. The van der Waals surface area contributed by atoms with E-state index in [0.717, 1.165) is 4.68 Å². The zero-order chi connectivity index (χ0) is 19.0. The van der Waals surface area contributed by atoms with Crippen LogP contribution in [0.2, 0.25) is 0 Å². The molecule has 4 rings (SSSR count). The van der Waals surface area contributed by atoms with Gasteiger partial charge in [0.05, 0.1) is 11.4 Å². The summed E-state index contributed by atoms with van der Waals surface area (Å²) in [5.41, 5.74) is 1.46. The predicted molar refractivity (Wildman–Crippen MR) is 93.6 cm³/mol.